The summed E-state index contributed by atoms with van der Waals surface area (Å²) in [5.41, 5.74) is 4.76. The second kappa shape index (κ2) is 8.54. The molecule has 6 rings (SSSR count). The van der Waals surface area contributed by atoms with Gasteiger partial charge in [-0.05, 0) is 74.3 Å². The van der Waals surface area contributed by atoms with Crippen LogP contribution in [0.5, 0.6) is 0 Å². The number of pyridine rings is 2. The fraction of sp³-hybridized carbons (Fsp3) is 0.214. The van der Waals surface area contributed by atoms with Gasteiger partial charge in [0.2, 0.25) is 0 Å². The van der Waals surface area contributed by atoms with Crippen molar-refractivity contribution in [2.24, 2.45) is 0 Å². The third-order valence-electron chi connectivity index (χ3n) is 7.24. The molecule has 5 aromatic rings. The number of benzene rings is 2. The number of aryl methyl sites for hydroxylation is 1. The number of terminal acetylenes is 1. The minimum Gasteiger partial charge on any atom is -0.340 e. The average molecular weight is 515 g/mol. The number of fused-ring (bicyclic) bond motifs is 4. The third kappa shape index (κ3) is 3.80. The minimum atomic E-state index is -4.91. The van der Waals surface area contributed by atoms with Crippen LogP contribution in [0.3, 0.4) is 0 Å². The molecule has 2 N–H and O–H groups in total. The molecule has 0 atom stereocenters. The summed E-state index contributed by atoms with van der Waals surface area (Å²) < 4.78 is 39.0. The third-order valence-corrected chi connectivity index (χ3v) is 8.03. The van der Waals surface area contributed by atoms with E-state index in [2.05, 4.69) is 25.8 Å². The van der Waals surface area contributed by atoms with Gasteiger partial charge >= 0.3 is 10.2 Å². The van der Waals surface area contributed by atoms with Gasteiger partial charge in [-0.1, -0.05) is 12.0 Å². The SMILES string of the molecule is C#Cc1ccc2c(c1)[nH]c1c2c(=O)c2cc(C)c(-c3cncc(S(=O)(=O)F)c3)cc2n1C1CCNCC1. The molecule has 0 aliphatic carbocycles. The van der Waals surface area contributed by atoms with Crippen molar-refractivity contribution in [1.82, 2.24) is 19.9 Å². The van der Waals surface area contributed by atoms with Gasteiger partial charge in [-0.2, -0.15) is 8.42 Å². The highest BCUT2D eigenvalue weighted by molar-refractivity contribution is 7.86. The van der Waals surface area contributed by atoms with Gasteiger partial charge in [0, 0.05) is 45.9 Å². The van der Waals surface area contributed by atoms with E-state index in [9.17, 15) is 17.1 Å². The van der Waals surface area contributed by atoms with E-state index in [1.54, 1.807) is 0 Å². The van der Waals surface area contributed by atoms with Crippen LogP contribution in [0.2, 0.25) is 0 Å². The lowest BCUT2D eigenvalue weighted by Crippen LogP contribution is -2.30. The molecule has 186 valence electrons. The zero-order chi connectivity index (χ0) is 25.9. The van der Waals surface area contributed by atoms with E-state index < -0.39 is 15.1 Å². The summed E-state index contributed by atoms with van der Waals surface area (Å²) in [7, 11) is -4.91. The maximum atomic E-state index is 13.9. The molecule has 0 bridgehead atoms. The Morgan fingerprint density at radius 1 is 1.11 bits per heavy atom. The summed E-state index contributed by atoms with van der Waals surface area (Å²) in [6.07, 6.45) is 9.85. The highest BCUT2D eigenvalue weighted by atomic mass is 32.3. The molecule has 3 aromatic heterocycles. The zero-order valence-electron chi connectivity index (χ0n) is 20.0. The molecule has 2 aromatic carbocycles. The molecule has 1 fully saturated rings. The van der Waals surface area contributed by atoms with Crippen LogP contribution in [0.4, 0.5) is 3.89 Å². The first kappa shape index (κ1) is 23.4. The Morgan fingerprint density at radius 3 is 2.62 bits per heavy atom. The van der Waals surface area contributed by atoms with Crippen LogP contribution in [0.1, 0.15) is 30.0 Å². The van der Waals surface area contributed by atoms with Crippen LogP contribution in [0, 0.1) is 19.3 Å². The zero-order valence-corrected chi connectivity index (χ0v) is 20.8. The first-order chi connectivity index (χ1) is 17.8. The summed E-state index contributed by atoms with van der Waals surface area (Å²) in [5.74, 6) is 2.65. The van der Waals surface area contributed by atoms with Gasteiger partial charge in [0.05, 0.1) is 10.9 Å². The lowest BCUT2D eigenvalue weighted by atomic mass is 9.97. The number of rotatable bonds is 3. The van der Waals surface area contributed by atoms with Crippen LogP contribution >= 0.6 is 0 Å². The molecule has 0 amide bonds. The van der Waals surface area contributed by atoms with Gasteiger partial charge in [0.25, 0.3) is 0 Å². The number of piperidine rings is 1. The highest BCUT2D eigenvalue weighted by Crippen LogP contribution is 2.35. The lowest BCUT2D eigenvalue weighted by Gasteiger charge is -2.28. The number of aromatic nitrogens is 3. The minimum absolute atomic E-state index is 0.0947. The van der Waals surface area contributed by atoms with Crippen LogP contribution < -0.4 is 10.7 Å². The van der Waals surface area contributed by atoms with E-state index in [0.717, 1.165) is 65.3 Å². The van der Waals surface area contributed by atoms with E-state index in [4.69, 9.17) is 6.42 Å². The van der Waals surface area contributed by atoms with Crippen LogP contribution in [0.15, 0.2) is 58.5 Å². The molecular weight excluding hydrogens is 491 g/mol. The molecule has 1 aliphatic rings. The highest BCUT2D eigenvalue weighted by Gasteiger charge is 2.24. The van der Waals surface area contributed by atoms with Crippen molar-refractivity contribution in [2.45, 2.75) is 30.7 Å². The largest absolute Gasteiger partial charge is 0.340 e. The molecule has 0 saturated carbocycles. The van der Waals surface area contributed by atoms with E-state index in [-0.39, 0.29) is 11.5 Å². The van der Waals surface area contributed by atoms with Crippen molar-refractivity contribution in [2.75, 3.05) is 13.1 Å². The van der Waals surface area contributed by atoms with Gasteiger partial charge in [-0.25, -0.2) is 0 Å². The van der Waals surface area contributed by atoms with Crippen molar-refractivity contribution >= 4 is 43.1 Å². The lowest BCUT2D eigenvalue weighted by molar-refractivity contribution is 0.381. The second-order valence-electron chi connectivity index (χ2n) is 9.47. The fourth-order valence-corrected chi connectivity index (χ4v) is 5.93. The Morgan fingerprint density at radius 2 is 1.89 bits per heavy atom. The Kier molecular flexibility index (Phi) is 5.40. The Balaban J connectivity index is 1.72. The Hall–Kier alpha value is -4.00. The van der Waals surface area contributed by atoms with Gasteiger partial charge in [0.1, 0.15) is 10.5 Å². The number of hydrogen-bond donors (Lipinski definition) is 2. The summed E-state index contributed by atoms with van der Waals surface area (Å²) in [4.78, 5) is 20.8. The Labute approximate surface area is 212 Å². The van der Waals surface area contributed by atoms with Crippen LogP contribution in [-0.2, 0) is 10.2 Å². The molecule has 1 aliphatic heterocycles. The van der Waals surface area contributed by atoms with E-state index in [1.807, 2.05) is 37.3 Å². The molecular formula is C28H23FN4O3S. The van der Waals surface area contributed by atoms with E-state index in [0.29, 0.717) is 21.9 Å². The molecule has 0 unspecified atom stereocenters. The van der Waals surface area contributed by atoms with Gasteiger partial charge < -0.3 is 14.9 Å². The molecule has 9 heteroatoms. The average Bonchev–Trinajstić information content (AvgIpc) is 3.27. The van der Waals surface area contributed by atoms with Crippen LogP contribution in [0.25, 0.3) is 44.0 Å². The predicted molar refractivity (Wildman–Crippen MR) is 143 cm³/mol. The molecule has 37 heavy (non-hydrogen) atoms. The van der Waals surface area contributed by atoms with Gasteiger partial charge in [-0.15, -0.1) is 10.3 Å². The summed E-state index contributed by atoms with van der Waals surface area (Å²) >= 11 is 0. The number of nitrogens with one attached hydrogen (secondary N) is 2. The molecule has 1 saturated heterocycles. The van der Waals surface area contributed by atoms with Crippen LogP contribution in [-0.4, -0.2) is 36.0 Å². The summed E-state index contributed by atoms with van der Waals surface area (Å²) in [6.45, 7) is 3.54. The quantitative estimate of drug-likeness (QED) is 0.272. The smallest absolute Gasteiger partial charge is 0.333 e. The number of H-pyrrole nitrogens is 1. The first-order valence-electron chi connectivity index (χ1n) is 12.0. The standard InChI is InChI=1S/C28H23FN4O3S/c1-3-17-4-5-21-24(11-17)32-28-26(21)27(34)23-10-16(2)22(18-12-20(15-31-14-18)37(29,35)36)13-25(23)33(28)19-6-8-30-9-7-19/h1,4-5,10-15,19,30,32H,6-9H2,2H3. The van der Waals surface area contributed by atoms with Gasteiger partial charge in [0.15, 0.2) is 5.43 Å². The van der Waals surface area contributed by atoms with Crippen molar-refractivity contribution in [3.63, 3.8) is 0 Å². The monoisotopic (exact) mass is 514 g/mol. The number of hydrogen-bond acceptors (Lipinski definition) is 5. The number of halogens is 1. The van der Waals surface area contributed by atoms with Crippen molar-refractivity contribution in [3.05, 3.63) is 70.1 Å². The second-order valence-corrected chi connectivity index (χ2v) is 10.8. The molecule has 0 spiro atoms. The maximum Gasteiger partial charge on any atom is 0.333 e. The molecule has 0 radical (unpaired) electrons. The maximum absolute atomic E-state index is 13.9. The topological polar surface area (TPSA) is 96.8 Å². The fourth-order valence-electron chi connectivity index (χ4n) is 5.47. The molecule has 7 nitrogen and oxygen atoms in total. The summed E-state index contributed by atoms with van der Waals surface area (Å²) in [5, 5.41) is 5.39. The molecule has 4 heterocycles. The van der Waals surface area contributed by atoms with E-state index >= 15 is 0 Å². The van der Waals surface area contributed by atoms with E-state index in [1.165, 1.54) is 12.3 Å². The predicted octanol–water partition coefficient (Wildman–Crippen LogP) is 4.57. The first-order valence-corrected chi connectivity index (χ1v) is 13.4. The number of nitrogens with zero attached hydrogens (tertiary/aromatic N) is 2. The van der Waals surface area contributed by atoms with Crippen molar-refractivity contribution in [1.29, 1.82) is 0 Å². The number of aromatic amines is 1. The van der Waals surface area contributed by atoms with Crippen molar-refractivity contribution in [3.8, 4) is 23.5 Å². The normalized spacial score (nSPS) is 14.9. The Bertz CT molecular complexity index is 1940. The summed E-state index contributed by atoms with van der Waals surface area (Å²) in [6, 6.07) is 10.7. The van der Waals surface area contributed by atoms with Gasteiger partial charge in [-0.3, -0.25) is 9.78 Å². The van der Waals surface area contributed by atoms with Crippen molar-refractivity contribution < 1.29 is 12.3 Å².